The summed E-state index contributed by atoms with van der Waals surface area (Å²) < 4.78 is 8.91. The van der Waals surface area contributed by atoms with Crippen molar-refractivity contribution in [3.63, 3.8) is 0 Å². The van der Waals surface area contributed by atoms with Gasteiger partial charge in [-0.25, -0.2) is 15.0 Å². The lowest BCUT2D eigenvalue weighted by Gasteiger charge is -2.10. The van der Waals surface area contributed by atoms with Gasteiger partial charge in [0.25, 0.3) is 0 Å². The van der Waals surface area contributed by atoms with Crippen LogP contribution in [0, 0.1) is 0 Å². The summed E-state index contributed by atoms with van der Waals surface area (Å²) in [5, 5.41) is 4.52. The minimum absolute atomic E-state index is 0.607. The second-order valence-electron chi connectivity index (χ2n) is 12.4. The Balaban J connectivity index is 1.16. The second-order valence-corrected chi connectivity index (χ2v) is 13.5. The van der Waals surface area contributed by atoms with Crippen molar-refractivity contribution in [2.24, 2.45) is 0 Å². The van der Waals surface area contributed by atoms with Gasteiger partial charge < -0.3 is 4.42 Å². The molecule has 0 N–H and O–H groups in total. The zero-order valence-electron chi connectivity index (χ0n) is 26.7. The summed E-state index contributed by atoms with van der Waals surface area (Å²) in [6.45, 7) is 0. The van der Waals surface area contributed by atoms with Crippen LogP contribution in [0.15, 0.2) is 168 Å². The molecule has 3 aromatic heterocycles. The van der Waals surface area contributed by atoms with Crippen molar-refractivity contribution >= 4 is 53.4 Å². The van der Waals surface area contributed by atoms with Gasteiger partial charge in [-0.15, -0.1) is 11.3 Å². The monoisotopic (exact) mass is 657 g/mol. The molecular weight excluding hydrogens is 631 g/mol. The van der Waals surface area contributed by atoms with E-state index < -0.39 is 0 Å². The topological polar surface area (TPSA) is 51.8 Å². The first-order valence-corrected chi connectivity index (χ1v) is 17.4. The van der Waals surface area contributed by atoms with Gasteiger partial charge in [0.05, 0.1) is 0 Å². The van der Waals surface area contributed by atoms with E-state index in [1.807, 2.05) is 48.5 Å². The summed E-state index contributed by atoms with van der Waals surface area (Å²) >= 11 is 1.79. The van der Waals surface area contributed by atoms with Gasteiger partial charge in [-0.2, -0.15) is 0 Å². The van der Waals surface area contributed by atoms with E-state index in [1.165, 1.54) is 31.3 Å². The number of hydrogen-bond acceptors (Lipinski definition) is 5. The second kappa shape index (κ2) is 11.6. The zero-order valence-corrected chi connectivity index (χ0v) is 27.6. The number of rotatable bonds is 5. The predicted molar refractivity (Wildman–Crippen MR) is 207 cm³/mol. The number of furan rings is 1. The Bertz CT molecular complexity index is 2870. The van der Waals surface area contributed by atoms with Crippen LogP contribution >= 0.6 is 11.3 Å². The molecule has 0 spiro atoms. The molecule has 234 valence electrons. The maximum absolute atomic E-state index is 6.44. The Labute approximate surface area is 292 Å². The highest BCUT2D eigenvalue weighted by Gasteiger charge is 2.19. The van der Waals surface area contributed by atoms with E-state index in [0.29, 0.717) is 17.5 Å². The van der Waals surface area contributed by atoms with E-state index in [4.69, 9.17) is 19.4 Å². The third-order valence-electron chi connectivity index (χ3n) is 9.34. The van der Waals surface area contributed by atoms with E-state index in [1.54, 1.807) is 11.3 Å². The molecule has 10 aromatic rings. The number of thiophene rings is 1. The quantitative estimate of drug-likeness (QED) is 0.185. The highest BCUT2D eigenvalue weighted by atomic mass is 32.1. The Morgan fingerprint density at radius 3 is 1.82 bits per heavy atom. The molecule has 0 fully saturated rings. The Hall–Kier alpha value is -6.43. The Morgan fingerprint density at radius 2 is 0.980 bits per heavy atom. The fourth-order valence-corrected chi connectivity index (χ4v) is 8.05. The minimum atomic E-state index is 0.607. The first kappa shape index (κ1) is 28.6. The third kappa shape index (κ3) is 4.87. The molecule has 0 saturated carbocycles. The molecule has 0 amide bonds. The van der Waals surface area contributed by atoms with E-state index in [2.05, 4.69) is 115 Å². The third-order valence-corrected chi connectivity index (χ3v) is 10.5. The van der Waals surface area contributed by atoms with Crippen LogP contribution in [-0.4, -0.2) is 15.0 Å². The Morgan fingerprint density at radius 1 is 0.360 bits per heavy atom. The summed E-state index contributed by atoms with van der Waals surface area (Å²) in [6, 6.07) is 56.9. The summed E-state index contributed by atoms with van der Waals surface area (Å²) in [7, 11) is 0. The highest BCUT2D eigenvalue weighted by molar-refractivity contribution is 7.25. The van der Waals surface area contributed by atoms with E-state index >= 15 is 0 Å². The molecular formula is C45H27N3OS. The number of benzene rings is 7. The molecule has 0 saturated heterocycles. The summed E-state index contributed by atoms with van der Waals surface area (Å²) in [6.07, 6.45) is 0. The Kier molecular flexibility index (Phi) is 6.64. The van der Waals surface area contributed by atoms with Gasteiger partial charge in [-0.1, -0.05) is 127 Å². The molecule has 0 aliphatic carbocycles. The summed E-state index contributed by atoms with van der Waals surface area (Å²) in [4.78, 5) is 15.3. The maximum Gasteiger partial charge on any atom is 0.164 e. The standard InChI is InChI=1S/C45H27N3OS/c1-3-11-28(12-4-1)30-15-9-16-31(25-30)32-22-24-38-37(26-32)42-36(18-10-19-39(42)49-38)45-47-43(29-13-5-2-6-14-29)46-44(48-45)33-21-23-35-34-17-7-8-20-40(34)50-41(35)27-33/h1-27H. The molecule has 3 heterocycles. The van der Waals surface area contributed by atoms with Crippen LogP contribution in [0.4, 0.5) is 0 Å². The van der Waals surface area contributed by atoms with Crippen molar-refractivity contribution in [3.05, 3.63) is 164 Å². The van der Waals surface area contributed by atoms with Gasteiger partial charge >= 0.3 is 0 Å². The van der Waals surface area contributed by atoms with Crippen LogP contribution in [0.1, 0.15) is 0 Å². The van der Waals surface area contributed by atoms with Crippen molar-refractivity contribution in [2.45, 2.75) is 0 Å². The van der Waals surface area contributed by atoms with Gasteiger partial charge in [0.1, 0.15) is 11.2 Å². The molecule has 0 atom stereocenters. The van der Waals surface area contributed by atoms with E-state index in [9.17, 15) is 0 Å². The largest absolute Gasteiger partial charge is 0.456 e. The number of fused-ring (bicyclic) bond motifs is 6. The van der Waals surface area contributed by atoms with Crippen molar-refractivity contribution in [1.82, 2.24) is 15.0 Å². The number of nitrogens with zero attached hydrogens (tertiary/aromatic N) is 3. The fraction of sp³-hybridized carbons (Fsp3) is 0. The fourth-order valence-electron chi connectivity index (χ4n) is 6.91. The summed E-state index contributed by atoms with van der Waals surface area (Å²) in [5.74, 6) is 1.87. The molecule has 0 radical (unpaired) electrons. The minimum Gasteiger partial charge on any atom is -0.456 e. The molecule has 10 rings (SSSR count). The van der Waals surface area contributed by atoms with Crippen LogP contribution < -0.4 is 0 Å². The van der Waals surface area contributed by atoms with Gasteiger partial charge in [0.15, 0.2) is 17.5 Å². The lowest BCUT2D eigenvalue weighted by molar-refractivity contribution is 0.669. The van der Waals surface area contributed by atoms with Crippen molar-refractivity contribution < 1.29 is 4.42 Å². The van der Waals surface area contributed by atoms with Crippen molar-refractivity contribution in [1.29, 1.82) is 0 Å². The van der Waals surface area contributed by atoms with Gasteiger partial charge in [0, 0.05) is 47.6 Å². The van der Waals surface area contributed by atoms with Crippen LogP contribution in [0.3, 0.4) is 0 Å². The predicted octanol–water partition coefficient (Wildman–Crippen LogP) is 12.5. The molecule has 0 bridgehead atoms. The molecule has 0 aliphatic rings. The summed E-state index contributed by atoms with van der Waals surface area (Å²) in [5.41, 5.74) is 9.04. The van der Waals surface area contributed by atoms with Crippen molar-refractivity contribution in [3.8, 4) is 56.4 Å². The number of hydrogen-bond donors (Lipinski definition) is 0. The van der Waals surface area contributed by atoms with Gasteiger partial charge in [0.2, 0.25) is 0 Å². The van der Waals surface area contributed by atoms with Crippen LogP contribution in [0.5, 0.6) is 0 Å². The van der Waals surface area contributed by atoms with Crippen LogP contribution in [0.2, 0.25) is 0 Å². The normalized spacial score (nSPS) is 11.6. The number of aromatic nitrogens is 3. The molecule has 7 aromatic carbocycles. The molecule has 5 heteroatoms. The lowest BCUT2D eigenvalue weighted by Crippen LogP contribution is -2.00. The van der Waals surface area contributed by atoms with Gasteiger partial charge in [-0.05, 0) is 58.7 Å². The zero-order chi connectivity index (χ0) is 33.0. The SMILES string of the molecule is c1ccc(-c2cccc(-c3ccc4oc5cccc(-c6nc(-c7ccccc7)nc(-c7ccc8c(c7)sc7ccccc78)n6)c5c4c3)c2)cc1. The average molecular weight is 658 g/mol. The van der Waals surface area contributed by atoms with E-state index in [0.717, 1.165) is 49.8 Å². The van der Waals surface area contributed by atoms with Gasteiger partial charge in [-0.3, -0.25) is 0 Å². The van der Waals surface area contributed by atoms with Crippen molar-refractivity contribution in [2.75, 3.05) is 0 Å². The van der Waals surface area contributed by atoms with Crippen LogP contribution in [-0.2, 0) is 0 Å². The molecule has 50 heavy (non-hydrogen) atoms. The first-order valence-electron chi connectivity index (χ1n) is 16.6. The molecule has 4 nitrogen and oxygen atoms in total. The maximum atomic E-state index is 6.44. The molecule has 0 unspecified atom stereocenters. The van der Waals surface area contributed by atoms with E-state index in [-0.39, 0.29) is 0 Å². The molecule has 0 aliphatic heterocycles. The smallest absolute Gasteiger partial charge is 0.164 e. The lowest BCUT2D eigenvalue weighted by atomic mass is 9.97. The highest BCUT2D eigenvalue weighted by Crippen LogP contribution is 2.40. The average Bonchev–Trinajstić information content (AvgIpc) is 3.76. The van der Waals surface area contributed by atoms with Crippen LogP contribution in [0.25, 0.3) is 98.5 Å². The first-order chi connectivity index (χ1) is 24.7.